The maximum Gasteiger partial charge on any atom is 0.494 e. The fourth-order valence-corrected chi connectivity index (χ4v) is 2.17. The average molecular weight is 275 g/mol. The van der Waals surface area contributed by atoms with Gasteiger partial charge in [0.15, 0.2) is 0 Å². The molecule has 2 N–H and O–H groups in total. The first kappa shape index (κ1) is 13.8. The molecule has 4 nitrogen and oxygen atoms in total. The minimum atomic E-state index is -0.378. The van der Waals surface area contributed by atoms with Gasteiger partial charge in [-0.2, -0.15) is 0 Å². The summed E-state index contributed by atoms with van der Waals surface area (Å²) < 4.78 is 17.8. The third kappa shape index (κ3) is 2.40. The van der Waals surface area contributed by atoms with E-state index in [0.717, 1.165) is 24.1 Å². The van der Waals surface area contributed by atoms with Gasteiger partial charge in [0.25, 0.3) is 0 Å². The molecule has 0 spiro atoms. The molecule has 0 amide bonds. The summed E-state index contributed by atoms with van der Waals surface area (Å²) in [5.74, 6) is 0.757. The van der Waals surface area contributed by atoms with Crippen molar-refractivity contribution in [2.45, 2.75) is 57.8 Å². The number of hydrogen-bond donors (Lipinski definition) is 1. The molecule has 1 aliphatic carbocycles. The second-order valence-corrected chi connectivity index (χ2v) is 6.70. The van der Waals surface area contributed by atoms with Gasteiger partial charge in [-0.3, -0.25) is 0 Å². The first-order valence-corrected chi connectivity index (χ1v) is 7.20. The van der Waals surface area contributed by atoms with Crippen molar-refractivity contribution >= 4 is 18.3 Å². The van der Waals surface area contributed by atoms with Crippen LogP contribution in [0.15, 0.2) is 18.2 Å². The summed E-state index contributed by atoms with van der Waals surface area (Å²) in [5.41, 5.74) is 6.97. The Morgan fingerprint density at radius 3 is 2.25 bits per heavy atom. The fraction of sp³-hybridized carbons (Fsp3) is 0.600. The number of nitrogens with two attached hydrogens (primary N) is 1. The smallest absolute Gasteiger partial charge is 0.488 e. The highest BCUT2D eigenvalue weighted by Crippen LogP contribution is 2.37. The van der Waals surface area contributed by atoms with Gasteiger partial charge in [-0.25, -0.2) is 0 Å². The van der Waals surface area contributed by atoms with Crippen molar-refractivity contribution in [3.8, 4) is 5.75 Å². The van der Waals surface area contributed by atoms with Gasteiger partial charge in [0.05, 0.1) is 23.0 Å². The predicted molar refractivity (Wildman–Crippen MR) is 80.2 cm³/mol. The Labute approximate surface area is 120 Å². The van der Waals surface area contributed by atoms with Crippen molar-refractivity contribution in [1.82, 2.24) is 0 Å². The predicted octanol–water partition coefficient (Wildman–Crippen LogP) is 2.11. The van der Waals surface area contributed by atoms with E-state index in [0.29, 0.717) is 11.8 Å². The summed E-state index contributed by atoms with van der Waals surface area (Å²) in [6.45, 7) is 8.17. The zero-order valence-electron chi connectivity index (χ0n) is 12.6. The molecule has 1 heterocycles. The van der Waals surface area contributed by atoms with E-state index in [1.807, 2.05) is 45.9 Å². The Morgan fingerprint density at radius 1 is 1.15 bits per heavy atom. The zero-order chi connectivity index (χ0) is 14.5. The van der Waals surface area contributed by atoms with E-state index in [2.05, 4.69) is 0 Å². The van der Waals surface area contributed by atoms with Crippen molar-refractivity contribution in [1.29, 1.82) is 0 Å². The van der Waals surface area contributed by atoms with Crippen molar-refractivity contribution in [2.75, 3.05) is 5.73 Å². The van der Waals surface area contributed by atoms with Crippen LogP contribution in [0, 0.1) is 0 Å². The average Bonchev–Trinajstić information content (AvgIpc) is 3.10. The van der Waals surface area contributed by atoms with Crippen molar-refractivity contribution in [2.24, 2.45) is 0 Å². The molecule has 5 heteroatoms. The molecule has 0 atom stereocenters. The lowest BCUT2D eigenvalue weighted by Crippen LogP contribution is -2.41. The number of hydrogen-bond acceptors (Lipinski definition) is 4. The van der Waals surface area contributed by atoms with Crippen molar-refractivity contribution in [3.05, 3.63) is 18.2 Å². The topological polar surface area (TPSA) is 53.7 Å². The van der Waals surface area contributed by atoms with Crippen LogP contribution in [0.4, 0.5) is 5.69 Å². The number of nitrogen functional groups attached to an aromatic ring is 1. The van der Waals surface area contributed by atoms with E-state index < -0.39 is 0 Å². The molecular formula is C15H22BNO3. The van der Waals surface area contributed by atoms with E-state index >= 15 is 0 Å². The Morgan fingerprint density at radius 2 is 1.75 bits per heavy atom. The van der Waals surface area contributed by atoms with Gasteiger partial charge in [-0.05, 0) is 58.1 Å². The second kappa shape index (κ2) is 4.40. The van der Waals surface area contributed by atoms with Crippen molar-refractivity contribution < 1.29 is 14.0 Å². The van der Waals surface area contributed by atoms with Gasteiger partial charge in [-0.1, -0.05) is 6.07 Å². The molecular weight excluding hydrogens is 253 g/mol. The number of ether oxygens (including phenoxy) is 1. The minimum absolute atomic E-state index is 0.338. The van der Waals surface area contributed by atoms with E-state index in [4.69, 9.17) is 19.8 Å². The maximum atomic E-state index is 6.06. The van der Waals surface area contributed by atoms with Gasteiger partial charge in [-0.15, -0.1) is 0 Å². The lowest BCUT2D eigenvalue weighted by Gasteiger charge is -2.32. The highest BCUT2D eigenvalue weighted by Gasteiger charge is 2.51. The van der Waals surface area contributed by atoms with Crippen molar-refractivity contribution in [3.63, 3.8) is 0 Å². The van der Waals surface area contributed by atoms with E-state index in [1.165, 1.54) is 0 Å². The normalized spacial score (nSPS) is 23.9. The molecule has 1 aromatic rings. The maximum absolute atomic E-state index is 6.06. The van der Waals surface area contributed by atoms with E-state index in [1.54, 1.807) is 0 Å². The van der Waals surface area contributed by atoms with Crippen LogP contribution in [0.5, 0.6) is 5.75 Å². The molecule has 108 valence electrons. The standard InChI is InChI=1S/C15H22BNO3/c1-14(2)15(3,4)20-16(19-14)10-5-8-13(12(17)9-10)18-11-6-7-11/h5,8-9,11H,6-7,17H2,1-4H3. The molecule has 1 saturated heterocycles. The third-order valence-corrected chi connectivity index (χ3v) is 4.38. The van der Waals surface area contributed by atoms with Gasteiger partial charge >= 0.3 is 7.12 Å². The molecule has 1 aromatic carbocycles. The summed E-state index contributed by atoms with van der Waals surface area (Å²) >= 11 is 0. The largest absolute Gasteiger partial charge is 0.494 e. The minimum Gasteiger partial charge on any atom is -0.488 e. The summed E-state index contributed by atoms with van der Waals surface area (Å²) in [6.07, 6.45) is 2.59. The highest BCUT2D eigenvalue weighted by molar-refractivity contribution is 6.62. The summed E-state index contributed by atoms with van der Waals surface area (Å²) in [6, 6.07) is 5.77. The van der Waals surface area contributed by atoms with Crippen LogP contribution < -0.4 is 15.9 Å². The van der Waals surface area contributed by atoms with Gasteiger partial charge < -0.3 is 19.8 Å². The molecule has 0 bridgehead atoms. The van der Waals surface area contributed by atoms with Crippen LogP contribution >= 0.6 is 0 Å². The SMILES string of the molecule is CC1(C)OB(c2ccc(OC3CC3)c(N)c2)OC1(C)C. The number of anilines is 1. The Bertz CT molecular complexity index is 510. The van der Waals surface area contributed by atoms with Crippen LogP contribution in [0.2, 0.25) is 0 Å². The second-order valence-electron chi connectivity index (χ2n) is 6.70. The van der Waals surface area contributed by atoms with Gasteiger partial charge in [0, 0.05) is 0 Å². The molecule has 0 radical (unpaired) electrons. The Kier molecular flexibility index (Phi) is 3.03. The molecule has 2 fully saturated rings. The number of benzene rings is 1. The zero-order valence-corrected chi connectivity index (χ0v) is 12.6. The lowest BCUT2D eigenvalue weighted by atomic mass is 9.79. The van der Waals surface area contributed by atoms with Gasteiger partial charge in [0.1, 0.15) is 5.75 Å². The summed E-state index contributed by atoms with van der Waals surface area (Å²) in [5, 5.41) is 0. The molecule has 1 aliphatic heterocycles. The summed E-state index contributed by atoms with van der Waals surface area (Å²) in [7, 11) is -0.378. The third-order valence-electron chi connectivity index (χ3n) is 4.38. The van der Waals surface area contributed by atoms with Crippen LogP contribution in [0.25, 0.3) is 0 Å². The first-order valence-electron chi connectivity index (χ1n) is 7.20. The van der Waals surface area contributed by atoms with Gasteiger partial charge in [0.2, 0.25) is 0 Å². The molecule has 1 saturated carbocycles. The summed E-state index contributed by atoms with van der Waals surface area (Å²) in [4.78, 5) is 0. The van der Waals surface area contributed by atoms with Crippen LogP contribution in [-0.2, 0) is 9.31 Å². The van der Waals surface area contributed by atoms with Crippen LogP contribution in [0.1, 0.15) is 40.5 Å². The van der Waals surface area contributed by atoms with Crippen LogP contribution in [0.3, 0.4) is 0 Å². The molecule has 0 aromatic heterocycles. The lowest BCUT2D eigenvalue weighted by molar-refractivity contribution is 0.00578. The number of rotatable bonds is 3. The molecule has 0 unspecified atom stereocenters. The first-order chi connectivity index (χ1) is 9.28. The Balaban J connectivity index is 1.79. The monoisotopic (exact) mass is 275 g/mol. The molecule has 3 rings (SSSR count). The molecule has 20 heavy (non-hydrogen) atoms. The van der Waals surface area contributed by atoms with E-state index in [9.17, 15) is 0 Å². The quantitative estimate of drug-likeness (QED) is 0.678. The fourth-order valence-electron chi connectivity index (χ4n) is 2.17. The van der Waals surface area contributed by atoms with E-state index in [-0.39, 0.29) is 18.3 Å². The Hall–Kier alpha value is -1.20. The molecule has 2 aliphatic rings. The highest BCUT2D eigenvalue weighted by atomic mass is 16.7. The van der Waals surface area contributed by atoms with Crippen LogP contribution in [-0.4, -0.2) is 24.4 Å².